The lowest BCUT2D eigenvalue weighted by atomic mass is 9.77. The van der Waals surface area contributed by atoms with Gasteiger partial charge in [0.15, 0.2) is 0 Å². The van der Waals surface area contributed by atoms with E-state index in [1.54, 1.807) is 7.11 Å². The van der Waals surface area contributed by atoms with Crippen molar-refractivity contribution in [2.75, 3.05) is 40.0 Å². The van der Waals surface area contributed by atoms with Crippen molar-refractivity contribution in [1.29, 1.82) is 0 Å². The maximum absolute atomic E-state index is 13.1. The molecule has 0 bridgehead atoms. The molecule has 116 valence electrons. The van der Waals surface area contributed by atoms with E-state index in [0.29, 0.717) is 19.8 Å². The molecule has 2 rings (SSSR count). The van der Waals surface area contributed by atoms with Gasteiger partial charge in [0.2, 0.25) is 5.91 Å². The summed E-state index contributed by atoms with van der Waals surface area (Å²) in [5, 5.41) is 3.34. The van der Waals surface area contributed by atoms with Gasteiger partial charge in [0.05, 0.1) is 30.8 Å². The largest absolute Gasteiger partial charge is 0.384 e. The number of morpholine rings is 1. The number of ether oxygens (including phenoxy) is 2. The number of hydrogen-bond acceptors (Lipinski definition) is 4. The van der Waals surface area contributed by atoms with Crippen molar-refractivity contribution in [1.82, 2.24) is 10.2 Å². The highest BCUT2D eigenvalue weighted by atomic mass is 16.5. The summed E-state index contributed by atoms with van der Waals surface area (Å²) < 4.78 is 11.1. The normalized spacial score (nSPS) is 30.2. The van der Waals surface area contributed by atoms with E-state index in [1.165, 1.54) is 0 Å². The number of nitrogens with one attached hydrogen (secondary N) is 1. The molecule has 0 aromatic carbocycles. The first-order valence-electron chi connectivity index (χ1n) is 7.75. The molecule has 2 heterocycles. The number of rotatable bonds is 4. The third kappa shape index (κ3) is 3.15. The molecule has 2 aliphatic heterocycles. The molecule has 0 spiro atoms. The summed E-state index contributed by atoms with van der Waals surface area (Å²) >= 11 is 0. The van der Waals surface area contributed by atoms with E-state index >= 15 is 0 Å². The molecule has 0 aliphatic carbocycles. The van der Waals surface area contributed by atoms with E-state index in [4.69, 9.17) is 9.47 Å². The Hall–Kier alpha value is -0.650. The fourth-order valence-corrected chi connectivity index (χ4v) is 3.34. The van der Waals surface area contributed by atoms with Crippen LogP contribution in [0, 0.1) is 5.41 Å². The highest BCUT2D eigenvalue weighted by molar-refractivity contribution is 5.83. The second-order valence-corrected chi connectivity index (χ2v) is 6.13. The predicted octanol–water partition coefficient (Wildman–Crippen LogP) is 1.03. The van der Waals surface area contributed by atoms with Crippen LogP contribution in [0.3, 0.4) is 0 Å². The molecule has 2 saturated heterocycles. The topological polar surface area (TPSA) is 50.8 Å². The standard InChI is InChI=1S/C15H28N2O3/c1-4-13-10-20-12(2)9-17(13)14(18)15(11-19-3)5-7-16-8-6-15/h12-13,16H,4-11H2,1-3H3. The van der Waals surface area contributed by atoms with Crippen LogP contribution in [0.5, 0.6) is 0 Å². The number of piperidine rings is 1. The van der Waals surface area contributed by atoms with Gasteiger partial charge in [0, 0.05) is 13.7 Å². The van der Waals surface area contributed by atoms with E-state index in [2.05, 4.69) is 17.1 Å². The van der Waals surface area contributed by atoms with Gasteiger partial charge in [-0.2, -0.15) is 0 Å². The molecule has 2 atom stereocenters. The molecule has 2 aliphatic rings. The predicted molar refractivity (Wildman–Crippen MR) is 77.6 cm³/mol. The van der Waals surface area contributed by atoms with Crippen LogP contribution in [-0.2, 0) is 14.3 Å². The molecule has 5 heteroatoms. The van der Waals surface area contributed by atoms with Crippen molar-refractivity contribution in [3.63, 3.8) is 0 Å². The van der Waals surface area contributed by atoms with Crippen LogP contribution in [0.25, 0.3) is 0 Å². The van der Waals surface area contributed by atoms with Gasteiger partial charge in [0.1, 0.15) is 0 Å². The lowest BCUT2D eigenvalue weighted by Crippen LogP contribution is -2.58. The molecular formula is C15H28N2O3. The minimum atomic E-state index is -0.343. The molecule has 0 radical (unpaired) electrons. The van der Waals surface area contributed by atoms with Crippen LogP contribution < -0.4 is 5.32 Å². The Morgan fingerprint density at radius 2 is 2.15 bits per heavy atom. The highest BCUT2D eigenvalue weighted by Crippen LogP contribution is 2.33. The molecular weight excluding hydrogens is 256 g/mol. The summed E-state index contributed by atoms with van der Waals surface area (Å²) in [4.78, 5) is 15.2. The Bertz CT molecular complexity index is 324. The smallest absolute Gasteiger partial charge is 0.231 e. The minimum Gasteiger partial charge on any atom is -0.384 e. The van der Waals surface area contributed by atoms with Gasteiger partial charge in [-0.15, -0.1) is 0 Å². The van der Waals surface area contributed by atoms with Crippen LogP contribution in [0.15, 0.2) is 0 Å². The van der Waals surface area contributed by atoms with Gasteiger partial charge in [-0.05, 0) is 39.3 Å². The number of carbonyl (C=O) groups excluding carboxylic acids is 1. The zero-order valence-electron chi connectivity index (χ0n) is 13.0. The van der Waals surface area contributed by atoms with Gasteiger partial charge >= 0.3 is 0 Å². The molecule has 5 nitrogen and oxygen atoms in total. The van der Waals surface area contributed by atoms with Crippen LogP contribution in [0.1, 0.15) is 33.1 Å². The minimum absolute atomic E-state index is 0.128. The molecule has 0 aromatic rings. The number of hydrogen-bond donors (Lipinski definition) is 1. The number of nitrogens with zero attached hydrogens (tertiary/aromatic N) is 1. The highest BCUT2D eigenvalue weighted by Gasteiger charge is 2.44. The molecule has 1 amide bonds. The van der Waals surface area contributed by atoms with Crippen LogP contribution in [0.4, 0.5) is 0 Å². The number of carbonyl (C=O) groups is 1. The second kappa shape index (κ2) is 6.87. The quantitative estimate of drug-likeness (QED) is 0.838. The second-order valence-electron chi connectivity index (χ2n) is 6.13. The van der Waals surface area contributed by atoms with Crippen molar-refractivity contribution in [3.8, 4) is 0 Å². The first-order chi connectivity index (χ1) is 9.63. The molecule has 2 unspecified atom stereocenters. The summed E-state index contributed by atoms with van der Waals surface area (Å²) in [6.45, 7) is 7.83. The van der Waals surface area contributed by atoms with Crippen LogP contribution in [0.2, 0.25) is 0 Å². The average Bonchev–Trinajstić information content (AvgIpc) is 2.47. The average molecular weight is 284 g/mol. The van der Waals surface area contributed by atoms with Gasteiger partial charge in [-0.25, -0.2) is 0 Å². The van der Waals surface area contributed by atoms with Crippen LogP contribution >= 0.6 is 0 Å². The van der Waals surface area contributed by atoms with Crippen molar-refractivity contribution in [3.05, 3.63) is 0 Å². The van der Waals surface area contributed by atoms with Crippen molar-refractivity contribution >= 4 is 5.91 Å². The summed E-state index contributed by atoms with van der Waals surface area (Å²) in [5.74, 6) is 0.267. The summed E-state index contributed by atoms with van der Waals surface area (Å²) in [7, 11) is 1.69. The Morgan fingerprint density at radius 3 is 2.75 bits per heavy atom. The van der Waals surface area contributed by atoms with Gasteiger partial charge in [0.25, 0.3) is 0 Å². The van der Waals surface area contributed by atoms with Crippen molar-refractivity contribution in [2.24, 2.45) is 5.41 Å². The number of amides is 1. The summed E-state index contributed by atoms with van der Waals surface area (Å²) in [6, 6.07) is 0.210. The molecule has 2 fully saturated rings. The Kier molecular flexibility index (Phi) is 5.41. The SMILES string of the molecule is CCC1COC(C)CN1C(=O)C1(COC)CCNCC1. The zero-order valence-corrected chi connectivity index (χ0v) is 13.0. The Labute approximate surface area is 122 Å². The molecule has 0 saturated carbocycles. The third-order valence-corrected chi connectivity index (χ3v) is 4.63. The molecule has 20 heavy (non-hydrogen) atoms. The maximum atomic E-state index is 13.1. The fraction of sp³-hybridized carbons (Fsp3) is 0.933. The Morgan fingerprint density at radius 1 is 1.45 bits per heavy atom. The summed E-state index contributed by atoms with van der Waals surface area (Å²) in [6.07, 6.45) is 2.80. The van der Waals surface area contributed by atoms with E-state index < -0.39 is 0 Å². The summed E-state index contributed by atoms with van der Waals surface area (Å²) in [5.41, 5.74) is -0.343. The maximum Gasteiger partial charge on any atom is 0.231 e. The van der Waals surface area contributed by atoms with Gasteiger partial charge in [-0.3, -0.25) is 4.79 Å². The first kappa shape index (κ1) is 15.7. The van der Waals surface area contributed by atoms with Gasteiger partial charge in [-0.1, -0.05) is 6.92 Å². The number of methoxy groups -OCH3 is 1. The monoisotopic (exact) mass is 284 g/mol. The van der Waals surface area contributed by atoms with E-state index in [9.17, 15) is 4.79 Å². The fourth-order valence-electron chi connectivity index (χ4n) is 3.34. The third-order valence-electron chi connectivity index (χ3n) is 4.63. The first-order valence-corrected chi connectivity index (χ1v) is 7.75. The van der Waals surface area contributed by atoms with Gasteiger partial charge < -0.3 is 19.7 Å². The zero-order chi connectivity index (χ0) is 14.6. The van der Waals surface area contributed by atoms with E-state index in [0.717, 1.165) is 32.4 Å². The lowest BCUT2D eigenvalue weighted by Gasteiger charge is -2.45. The molecule has 1 N–H and O–H groups in total. The van der Waals surface area contributed by atoms with E-state index in [-0.39, 0.29) is 23.5 Å². The van der Waals surface area contributed by atoms with Crippen LogP contribution in [-0.4, -0.2) is 62.9 Å². The van der Waals surface area contributed by atoms with Crippen molar-refractivity contribution < 1.29 is 14.3 Å². The molecule has 0 aromatic heterocycles. The van der Waals surface area contributed by atoms with Crippen molar-refractivity contribution in [2.45, 2.75) is 45.3 Å². The lowest BCUT2D eigenvalue weighted by molar-refractivity contribution is -0.160. The van der Waals surface area contributed by atoms with E-state index in [1.807, 2.05) is 6.92 Å². The Balaban J connectivity index is 2.16.